The number of H-pyrrole nitrogens is 1. The number of rotatable bonds is 2. The van der Waals surface area contributed by atoms with Gasteiger partial charge in [-0.15, -0.1) is 0 Å². The van der Waals surface area contributed by atoms with Crippen LogP contribution < -0.4 is 10.8 Å². The van der Waals surface area contributed by atoms with E-state index in [-0.39, 0.29) is 12.2 Å². The minimum atomic E-state index is -1.10. The second kappa shape index (κ2) is 3.95. The molecule has 98 valence electrons. The van der Waals surface area contributed by atoms with Gasteiger partial charge in [-0.25, -0.2) is 14.7 Å². The first-order chi connectivity index (χ1) is 9.06. The van der Waals surface area contributed by atoms with Gasteiger partial charge in [0, 0.05) is 12.0 Å². The van der Waals surface area contributed by atoms with Crippen molar-refractivity contribution < 1.29 is 19.6 Å². The Morgan fingerprint density at radius 3 is 2.95 bits per heavy atom. The van der Waals surface area contributed by atoms with E-state index < -0.39 is 17.8 Å². The van der Waals surface area contributed by atoms with Gasteiger partial charge in [-0.3, -0.25) is 14.7 Å². The lowest BCUT2D eigenvalue weighted by molar-refractivity contribution is -0.139. The van der Waals surface area contributed by atoms with E-state index in [1.807, 2.05) is 0 Å². The third-order valence-electron chi connectivity index (χ3n) is 3.04. The lowest BCUT2D eigenvalue weighted by atomic mass is 10.1. The summed E-state index contributed by atoms with van der Waals surface area (Å²) in [5.41, 5.74) is 1.62. The van der Waals surface area contributed by atoms with E-state index >= 15 is 0 Å². The monoisotopic (exact) mass is 263 g/mol. The van der Waals surface area contributed by atoms with Crippen LogP contribution in [0.25, 0.3) is 11.4 Å². The summed E-state index contributed by atoms with van der Waals surface area (Å²) in [7, 11) is 0. The molecule has 1 aromatic heterocycles. The molecule has 0 fully saturated rings. The van der Waals surface area contributed by atoms with Crippen molar-refractivity contribution in [3.8, 4) is 11.4 Å². The zero-order valence-electron chi connectivity index (χ0n) is 9.53. The average Bonchev–Trinajstić information content (AvgIpc) is 2.94. The van der Waals surface area contributed by atoms with Crippen LogP contribution in [0.3, 0.4) is 0 Å². The molecular weight excluding hydrogens is 254 g/mol. The van der Waals surface area contributed by atoms with Crippen LogP contribution in [-0.2, 0) is 11.2 Å². The van der Waals surface area contributed by atoms with Crippen LogP contribution in [-0.4, -0.2) is 32.5 Å². The van der Waals surface area contributed by atoms with Crippen molar-refractivity contribution in [3.63, 3.8) is 0 Å². The van der Waals surface area contributed by atoms with Crippen LogP contribution in [0.15, 0.2) is 27.5 Å². The fourth-order valence-corrected chi connectivity index (χ4v) is 2.11. The van der Waals surface area contributed by atoms with Gasteiger partial charge in [0.1, 0.15) is 0 Å². The zero-order chi connectivity index (χ0) is 13.6. The van der Waals surface area contributed by atoms with Crippen LogP contribution >= 0.6 is 0 Å². The van der Waals surface area contributed by atoms with Gasteiger partial charge in [0.05, 0.1) is 5.69 Å². The molecule has 8 nitrogen and oxygen atoms in total. The number of nitrogens with one attached hydrogen (secondary N) is 1. The Kier molecular flexibility index (Phi) is 2.39. The Balaban J connectivity index is 2.03. The molecule has 0 aliphatic carbocycles. The van der Waals surface area contributed by atoms with Crippen molar-refractivity contribution in [2.45, 2.75) is 12.5 Å². The van der Waals surface area contributed by atoms with E-state index in [1.165, 1.54) is 0 Å². The van der Waals surface area contributed by atoms with Crippen molar-refractivity contribution in [2.24, 2.45) is 0 Å². The molecule has 8 heteroatoms. The first kappa shape index (κ1) is 11.5. The maximum Gasteiger partial charge on any atom is 0.439 e. The highest BCUT2D eigenvalue weighted by Crippen LogP contribution is 2.33. The number of carboxylic acid groups (broad SMARTS) is 1. The number of aromatic nitrogens is 2. The van der Waals surface area contributed by atoms with Crippen molar-refractivity contribution >= 4 is 11.7 Å². The number of hydrogen-bond donors (Lipinski definition) is 3. The topological polar surface area (TPSA) is 120 Å². The number of carbonyl (C=O) groups is 1. The first-order valence-corrected chi connectivity index (χ1v) is 5.46. The molecule has 0 amide bonds. The van der Waals surface area contributed by atoms with Gasteiger partial charge < -0.3 is 5.11 Å². The van der Waals surface area contributed by atoms with Gasteiger partial charge in [-0.1, -0.05) is 17.3 Å². The standard InChI is InChI=1S/C11H9N3O5/c15-10(16)8-3-5-1-2-6(4-7(5)14(8)18)9-12-11(17)19-13-9/h1-2,4,8,18H,3H2,(H,15,16)(H,12,13,17). The summed E-state index contributed by atoms with van der Waals surface area (Å²) in [6.07, 6.45) is 0.219. The number of aromatic amines is 1. The molecule has 0 spiro atoms. The maximum absolute atomic E-state index is 11.0. The third-order valence-corrected chi connectivity index (χ3v) is 3.04. The smallest absolute Gasteiger partial charge is 0.439 e. The molecule has 3 N–H and O–H groups in total. The number of anilines is 1. The van der Waals surface area contributed by atoms with E-state index in [9.17, 15) is 14.8 Å². The molecule has 1 aromatic carbocycles. The fourth-order valence-electron chi connectivity index (χ4n) is 2.11. The van der Waals surface area contributed by atoms with E-state index in [4.69, 9.17) is 5.11 Å². The number of carboxylic acids is 1. The number of nitrogens with zero attached hydrogens (tertiary/aromatic N) is 2. The lowest BCUT2D eigenvalue weighted by Crippen LogP contribution is -2.35. The molecule has 1 unspecified atom stereocenters. The van der Waals surface area contributed by atoms with E-state index in [1.54, 1.807) is 18.2 Å². The quantitative estimate of drug-likeness (QED) is 0.709. The molecule has 1 aliphatic rings. The van der Waals surface area contributed by atoms with E-state index in [2.05, 4.69) is 14.7 Å². The molecule has 2 aromatic rings. The molecule has 19 heavy (non-hydrogen) atoms. The largest absolute Gasteiger partial charge is 0.480 e. The molecule has 1 atom stereocenters. The van der Waals surface area contributed by atoms with E-state index in [0.29, 0.717) is 21.9 Å². The summed E-state index contributed by atoms with van der Waals surface area (Å²) in [5.74, 6) is -1.56. The van der Waals surface area contributed by atoms with Crippen molar-refractivity contribution in [3.05, 3.63) is 34.3 Å². The van der Waals surface area contributed by atoms with Crippen LogP contribution in [0, 0.1) is 0 Å². The Bertz CT molecular complexity index is 704. The Morgan fingerprint density at radius 1 is 1.53 bits per heavy atom. The highest BCUT2D eigenvalue weighted by atomic mass is 16.5. The molecule has 0 bridgehead atoms. The molecule has 0 radical (unpaired) electrons. The molecular formula is C11H9N3O5. The van der Waals surface area contributed by atoms with Gasteiger partial charge in [0.25, 0.3) is 0 Å². The summed E-state index contributed by atoms with van der Waals surface area (Å²) in [6, 6.07) is 3.90. The van der Waals surface area contributed by atoms with Gasteiger partial charge >= 0.3 is 11.7 Å². The van der Waals surface area contributed by atoms with E-state index in [0.717, 1.165) is 0 Å². The summed E-state index contributed by atoms with van der Waals surface area (Å²) in [4.78, 5) is 24.2. The number of hydroxylamine groups is 1. The van der Waals surface area contributed by atoms with Crippen LogP contribution in [0.5, 0.6) is 0 Å². The molecule has 3 rings (SSSR count). The number of benzene rings is 1. The molecule has 1 aliphatic heterocycles. The first-order valence-electron chi connectivity index (χ1n) is 5.46. The number of aliphatic carboxylic acids is 1. The summed E-state index contributed by atoms with van der Waals surface area (Å²) >= 11 is 0. The molecule has 2 heterocycles. The van der Waals surface area contributed by atoms with Crippen LogP contribution in [0.2, 0.25) is 0 Å². The van der Waals surface area contributed by atoms with Gasteiger partial charge in [0.2, 0.25) is 0 Å². The molecule has 0 saturated carbocycles. The minimum absolute atomic E-state index is 0.219. The van der Waals surface area contributed by atoms with Crippen LogP contribution in [0.4, 0.5) is 5.69 Å². The minimum Gasteiger partial charge on any atom is -0.480 e. The van der Waals surface area contributed by atoms with Crippen molar-refractivity contribution in [2.75, 3.05) is 5.06 Å². The predicted molar refractivity (Wildman–Crippen MR) is 62.0 cm³/mol. The summed E-state index contributed by atoms with van der Waals surface area (Å²) < 4.78 is 4.39. The van der Waals surface area contributed by atoms with Gasteiger partial charge in [-0.05, 0) is 11.6 Å². The summed E-state index contributed by atoms with van der Waals surface area (Å²) in [6.45, 7) is 0. The van der Waals surface area contributed by atoms with Crippen molar-refractivity contribution in [1.82, 2.24) is 10.1 Å². The normalized spacial score (nSPS) is 17.5. The van der Waals surface area contributed by atoms with Gasteiger partial charge in [0.15, 0.2) is 11.9 Å². The number of fused-ring (bicyclic) bond motifs is 1. The fraction of sp³-hybridized carbons (Fsp3) is 0.182. The SMILES string of the molecule is O=C(O)C1Cc2ccc(-c3noc(=O)[nH]3)cc2N1O. The highest BCUT2D eigenvalue weighted by molar-refractivity contribution is 5.82. The Hall–Kier alpha value is -2.61. The predicted octanol–water partition coefficient (Wildman–Crippen LogP) is 0.235. The average molecular weight is 263 g/mol. The van der Waals surface area contributed by atoms with Crippen molar-refractivity contribution in [1.29, 1.82) is 0 Å². The Labute approximate surface area is 105 Å². The molecule has 0 saturated heterocycles. The van der Waals surface area contributed by atoms with Crippen LogP contribution in [0.1, 0.15) is 5.56 Å². The lowest BCUT2D eigenvalue weighted by Gasteiger charge is -2.16. The third kappa shape index (κ3) is 1.78. The maximum atomic E-state index is 11.0. The summed E-state index contributed by atoms with van der Waals surface area (Å²) in [5, 5.41) is 23.0. The second-order valence-electron chi connectivity index (χ2n) is 4.19. The zero-order valence-corrected chi connectivity index (χ0v) is 9.53. The highest BCUT2D eigenvalue weighted by Gasteiger charge is 2.34. The number of hydrogen-bond acceptors (Lipinski definition) is 6. The second-order valence-corrected chi connectivity index (χ2v) is 4.19. The Morgan fingerprint density at radius 2 is 2.32 bits per heavy atom. The van der Waals surface area contributed by atoms with Gasteiger partial charge in [-0.2, -0.15) is 0 Å².